The fraction of sp³-hybridized carbons (Fsp3) is 0.500. The van der Waals surface area contributed by atoms with E-state index in [0.29, 0.717) is 0 Å². The van der Waals surface area contributed by atoms with Gasteiger partial charge in [0.25, 0.3) is 11.6 Å². The van der Waals surface area contributed by atoms with Crippen molar-refractivity contribution in [3.8, 4) is 0 Å². The van der Waals surface area contributed by atoms with Crippen LogP contribution in [-0.4, -0.2) is 30.5 Å². The average molecular weight is 355 g/mol. The summed E-state index contributed by atoms with van der Waals surface area (Å²) in [6.45, 7) is 0.276. The van der Waals surface area contributed by atoms with Crippen molar-refractivity contribution in [3.05, 3.63) is 38.9 Å². The first kappa shape index (κ1) is 18.2. The number of carbonyl (C=O) groups is 2. The minimum Gasteiger partial charge on any atom is -0.469 e. The summed E-state index contributed by atoms with van der Waals surface area (Å²) >= 11 is 5.75. The Balaban J connectivity index is 2.07. The van der Waals surface area contributed by atoms with Crippen LogP contribution in [0.3, 0.4) is 0 Å². The fourth-order valence-electron chi connectivity index (χ4n) is 3.08. The first-order chi connectivity index (χ1) is 11.4. The topological polar surface area (TPSA) is 98.5 Å². The van der Waals surface area contributed by atoms with Crippen LogP contribution in [0, 0.1) is 22.0 Å². The molecular formula is C16H19ClN2O5. The van der Waals surface area contributed by atoms with E-state index in [9.17, 15) is 19.7 Å². The van der Waals surface area contributed by atoms with Gasteiger partial charge in [0.2, 0.25) is 0 Å². The Kier molecular flexibility index (Phi) is 6.14. The van der Waals surface area contributed by atoms with Crippen molar-refractivity contribution in [1.82, 2.24) is 5.32 Å². The summed E-state index contributed by atoms with van der Waals surface area (Å²) in [6, 6.07) is 3.91. The number of amides is 1. The second kappa shape index (κ2) is 8.10. The third-order valence-corrected chi connectivity index (χ3v) is 4.57. The molecule has 0 heterocycles. The van der Waals surface area contributed by atoms with Crippen molar-refractivity contribution in [2.24, 2.45) is 11.8 Å². The molecule has 2 atom stereocenters. The summed E-state index contributed by atoms with van der Waals surface area (Å²) in [5, 5.41) is 14.0. The zero-order chi connectivity index (χ0) is 17.7. The molecule has 7 nitrogen and oxygen atoms in total. The molecule has 1 aliphatic rings. The van der Waals surface area contributed by atoms with E-state index in [1.54, 1.807) is 0 Å². The van der Waals surface area contributed by atoms with E-state index in [2.05, 4.69) is 5.32 Å². The first-order valence-electron chi connectivity index (χ1n) is 7.74. The zero-order valence-corrected chi connectivity index (χ0v) is 14.0. The predicted molar refractivity (Wildman–Crippen MR) is 87.9 cm³/mol. The van der Waals surface area contributed by atoms with Gasteiger partial charge in [0, 0.05) is 17.6 Å². The molecule has 0 aromatic heterocycles. The second-order valence-electron chi connectivity index (χ2n) is 5.80. The summed E-state index contributed by atoms with van der Waals surface area (Å²) in [4.78, 5) is 34.6. The summed E-state index contributed by atoms with van der Waals surface area (Å²) in [7, 11) is 1.35. The molecule has 0 spiro atoms. The van der Waals surface area contributed by atoms with E-state index in [1.165, 1.54) is 19.2 Å². The molecule has 1 amide bonds. The summed E-state index contributed by atoms with van der Waals surface area (Å²) in [5.74, 6) is -1.09. The van der Waals surface area contributed by atoms with Crippen molar-refractivity contribution >= 4 is 29.2 Å². The number of esters is 1. The highest BCUT2D eigenvalue weighted by atomic mass is 35.5. The molecule has 8 heteroatoms. The molecular weight excluding hydrogens is 336 g/mol. The maximum Gasteiger partial charge on any atom is 0.309 e. The molecule has 0 radical (unpaired) electrons. The molecule has 0 aliphatic heterocycles. The maximum absolute atomic E-state index is 12.3. The fourth-order valence-corrected chi connectivity index (χ4v) is 3.25. The Morgan fingerprint density at radius 3 is 2.75 bits per heavy atom. The van der Waals surface area contributed by atoms with Gasteiger partial charge < -0.3 is 10.1 Å². The van der Waals surface area contributed by atoms with Gasteiger partial charge in [-0.1, -0.05) is 24.4 Å². The SMILES string of the molecule is COC(=O)C1CCCCC1CNC(=O)c1ccc(Cl)cc1[N+](=O)[O-]. The van der Waals surface area contributed by atoms with Gasteiger partial charge >= 0.3 is 5.97 Å². The lowest BCUT2D eigenvalue weighted by molar-refractivity contribution is -0.385. The largest absolute Gasteiger partial charge is 0.469 e. The van der Waals surface area contributed by atoms with E-state index >= 15 is 0 Å². The van der Waals surface area contributed by atoms with Crippen molar-refractivity contribution in [3.63, 3.8) is 0 Å². The van der Waals surface area contributed by atoms with Crippen LogP contribution in [0.15, 0.2) is 18.2 Å². The number of nitrogens with one attached hydrogen (secondary N) is 1. The lowest BCUT2D eigenvalue weighted by Gasteiger charge is -2.29. The number of rotatable bonds is 5. The van der Waals surface area contributed by atoms with Crippen LogP contribution in [-0.2, 0) is 9.53 Å². The Hall–Kier alpha value is -2.15. The number of methoxy groups -OCH3 is 1. The van der Waals surface area contributed by atoms with Crippen molar-refractivity contribution in [2.75, 3.05) is 13.7 Å². The third-order valence-electron chi connectivity index (χ3n) is 4.34. The van der Waals surface area contributed by atoms with E-state index in [1.807, 2.05) is 0 Å². The number of nitrogens with zero attached hydrogens (tertiary/aromatic N) is 1. The van der Waals surface area contributed by atoms with Crippen molar-refractivity contribution < 1.29 is 19.2 Å². The van der Waals surface area contributed by atoms with Gasteiger partial charge in [0.15, 0.2) is 0 Å². The number of benzene rings is 1. The van der Waals surface area contributed by atoms with Gasteiger partial charge in [-0.05, 0) is 30.9 Å². The van der Waals surface area contributed by atoms with Gasteiger partial charge in [-0.2, -0.15) is 0 Å². The van der Waals surface area contributed by atoms with Crippen LogP contribution in [0.25, 0.3) is 0 Å². The second-order valence-corrected chi connectivity index (χ2v) is 6.24. The number of ether oxygens (including phenoxy) is 1. The standard InChI is InChI=1S/C16H19ClN2O5/c1-24-16(21)12-5-3-2-4-10(12)9-18-15(20)13-7-6-11(17)8-14(13)19(22)23/h6-8,10,12H,2-5,9H2,1H3,(H,18,20). The normalized spacial score (nSPS) is 20.2. The minimum atomic E-state index is -0.640. The molecule has 2 unspecified atom stereocenters. The predicted octanol–water partition coefficient (Wildman–Crippen LogP) is 2.96. The minimum absolute atomic E-state index is 0.0264. The molecule has 2 rings (SSSR count). The highest BCUT2D eigenvalue weighted by Gasteiger charge is 2.32. The molecule has 1 N–H and O–H groups in total. The molecule has 1 aromatic carbocycles. The third kappa shape index (κ3) is 4.23. The van der Waals surface area contributed by atoms with Gasteiger partial charge in [0.05, 0.1) is 18.0 Å². The van der Waals surface area contributed by atoms with Crippen molar-refractivity contribution in [1.29, 1.82) is 0 Å². The van der Waals surface area contributed by atoms with Gasteiger partial charge in [0.1, 0.15) is 5.56 Å². The molecule has 0 saturated heterocycles. The molecule has 1 aromatic rings. The monoisotopic (exact) mass is 354 g/mol. The van der Waals surface area contributed by atoms with E-state index in [4.69, 9.17) is 16.3 Å². The summed E-state index contributed by atoms with van der Waals surface area (Å²) in [6.07, 6.45) is 3.47. The van der Waals surface area contributed by atoms with E-state index < -0.39 is 10.8 Å². The number of halogens is 1. The quantitative estimate of drug-likeness (QED) is 0.498. The molecule has 1 fully saturated rings. The Morgan fingerprint density at radius 1 is 1.38 bits per heavy atom. The van der Waals surface area contributed by atoms with Gasteiger partial charge in [-0.3, -0.25) is 19.7 Å². The van der Waals surface area contributed by atoms with Crippen LogP contribution < -0.4 is 5.32 Å². The first-order valence-corrected chi connectivity index (χ1v) is 8.11. The molecule has 1 saturated carbocycles. The summed E-state index contributed by atoms with van der Waals surface area (Å²) in [5.41, 5.74) is -0.386. The highest BCUT2D eigenvalue weighted by molar-refractivity contribution is 6.31. The lowest BCUT2D eigenvalue weighted by atomic mass is 9.79. The number of carbonyl (C=O) groups excluding carboxylic acids is 2. The smallest absolute Gasteiger partial charge is 0.309 e. The van der Waals surface area contributed by atoms with E-state index in [-0.39, 0.29) is 40.6 Å². The number of hydrogen-bond acceptors (Lipinski definition) is 5. The maximum atomic E-state index is 12.3. The highest BCUT2D eigenvalue weighted by Crippen LogP contribution is 2.31. The number of nitro benzene ring substituents is 1. The lowest BCUT2D eigenvalue weighted by Crippen LogP contribution is -2.37. The van der Waals surface area contributed by atoms with Crippen LogP contribution in [0.4, 0.5) is 5.69 Å². The Morgan fingerprint density at radius 2 is 2.08 bits per heavy atom. The summed E-state index contributed by atoms with van der Waals surface area (Å²) < 4.78 is 4.82. The number of nitro groups is 1. The van der Waals surface area contributed by atoms with Crippen LogP contribution in [0.2, 0.25) is 5.02 Å². The Labute approximate surface area is 144 Å². The molecule has 24 heavy (non-hydrogen) atoms. The molecule has 0 bridgehead atoms. The van der Waals surface area contributed by atoms with Crippen molar-refractivity contribution in [2.45, 2.75) is 25.7 Å². The zero-order valence-electron chi connectivity index (χ0n) is 13.3. The number of hydrogen-bond donors (Lipinski definition) is 1. The van der Waals surface area contributed by atoms with Crippen LogP contribution >= 0.6 is 11.6 Å². The van der Waals surface area contributed by atoms with E-state index in [0.717, 1.165) is 31.7 Å². The average Bonchev–Trinajstić information content (AvgIpc) is 2.59. The van der Waals surface area contributed by atoms with Gasteiger partial charge in [-0.15, -0.1) is 0 Å². The molecule has 1 aliphatic carbocycles. The van der Waals surface area contributed by atoms with Gasteiger partial charge in [-0.25, -0.2) is 0 Å². The van der Waals surface area contributed by atoms with Crippen LogP contribution in [0.5, 0.6) is 0 Å². The Bertz CT molecular complexity index is 649. The van der Waals surface area contributed by atoms with Crippen LogP contribution in [0.1, 0.15) is 36.0 Å². The molecule has 130 valence electrons.